The van der Waals surface area contributed by atoms with Crippen LogP contribution in [0.2, 0.25) is 0 Å². The summed E-state index contributed by atoms with van der Waals surface area (Å²) in [5, 5.41) is 9.80. The van der Waals surface area contributed by atoms with Crippen LogP contribution in [0, 0.1) is 12.3 Å². The minimum absolute atomic E-state index is 0.131. The highest BCUT2D eigenvalue weighted by Crippen LogP contribution is 2.36. The monoisotopic (exact) mass is 349 g/mol. The van der Waals surface area contributed by atoms with Crippen LogP contribution in [0.5, 0.6) is 5.75 Å². The van der Waals surface area contributed by atoms with Gasteiger partial charge in [-0.3, -0.25) is 9.59 Å². The molecule has 138 valence electrons. The molecule has 1 heterocycles. The van der Waals surface area contributed by atoms with Gasteiger partial charge in [0.2, 0.25) is 0 Å². The molecule has 1 aromatic carbocycles. The number of nitrogens with zero attached hydrogens (tertiary/aromatic N) is 1. The quantitative estimate of drug-likeness (QED) is 0.766. The Hall–Kier alpha value is -2.08. The number of ether oxygens (including phenoxy) is 2. The number of hydrogen-bond acceptors (Lipinski definition) is 4. The molecule has 0 spiro atoms. The molecule has 2 rings (SSSR count). The van der Waals surface area contributed by atoms with E-state index in [4.69, 9.17) is 9.47 Å². The first kappa shape index (κ1) is 19.2. The van der Waals surface area contributed by atoms with E-state index in [-0.39, 0.29) is 12.5 Å². The molecule has 0 bridgehead atoms. The lowest BCUT2D eigenvalue weighted by Gasteiger charge is -2.40. The van der Waals surface area contributed by atoms with Gasteiger partial charge in [-0.05, 0) is 44.7 Å². The number of aliphatic carboxylic acids is 1. The van der Waals surface area contributed by atoms with Crippen LogP contribution in [-0.4, -0.2) is 55.8 Å². The average molecular weight is 349 g/mol. The highest BCUT2D eigenvalue weighted by molar-refractivity contribution is 5.96. The Morgan fingerprint density at radius 1 is 1.32 bits per heavy atom. The number of likely N-dealkylation sites (tertiary alicyclic amines) is 1. The SMILES string of the molecule is COCCCC1(C(=O)O)CCCN(C(=O)c2cccc(OC)c2C)C1. The molecule has 25 heavy (non-hydrogen) atoms. The predicted molar refractivity (Wildman–Crippen MR) is 94.0 cm³/mol. The van der Waals surface area contributed by atoms with Crippen molar-refractivity contribution in [1.29, 1.82) is 0 Å². The summed E-state index contributed by atoms with van der Waals surface area (Å²) in [6.07, 6.45) is 2.46. The molecule has 1 atom stereocenters. The van der Waals surface area contributed by atoms with Gasteiger partial charge in [-0.25, -0.2) is 0 Å². The van der Waals surface area contributed by atoms with E-state index in [0.29, 0.717) is 50.1 Å². The number of methoxy groups -OCH3 is 2. The fourth-order valence-electron chi connectivity index (χ4n) is 3.58. The van der Waals surface area contributed by atoms with Crippen molar-refractivity contribution in [3.05, 3.63) is 29.3 Å². The van der Waals surface area contributed by atoms with Gasteiger partial charge < -0.3 is 19.5 Å². The van der Waals surface area contributed by atoms with Crippen LogP contribution in [0.1, 0.15) is 41.6 Å². The van der Waals surface area contributed by atoms with E-state index in [1.807, 2.05) is 13.0 Å². The zero-order valence-electron chi connectivity index (χ0n) is 15.2. The van der Waals surface area contributed by atoms with E-state index in [1.165, 1.54) is 0 Å². The summed E-state index contributed by atoms with van der Waals surface area (Å²) >= 11 is 0. The van der Waals surface area contributed by atoms with Gasteiger partial charge in [0, 0.05) is 37.9 Å². The minimum Gasteiger partial charge on any atom is -0.496 e. The fourth-order valence-corrected chi connectivity index (χ4v) is 3.58. The highest BCUT2D eigenvalue weighted by atomic mass is 16.5. The second-order valence-electron chi connectivity index (χ2n) is 6.64. The summed E-state index contributed by atoms with van der Waals surface area (Å²) in [6.45, 7) is 3.19. The molecule has 1 N–H and O–H groups in total. The molecule has 0 aromatic heterocycles. The summed E-state index contributed by atoms with van der Waals surface area (Å²) in [6, 6.07) is 5.36. The largest absolute Gasteiger partial charge is 0.496 e. The third-order valence-electron chi connectivity index (χ3n) is 5.06. The second-order valence-corrected chi connectivity index (χ2v) is 6.64. The van der Waals surface area contributed by atoms with Crippen LogP contribution in [0.3, 0.4) is 0 Å². The zero-order valence-corrected chi connectivity index (χ0v) is 15.2. The zero-order chi connectivity index (χ0) is 18.4. The van der Waals surface area contributed by atoms with E-state index in [0.717, 1.165) is 5.56 Å². The molecule has 1 unspecified atom stereocenters. The molecule has 1 aliphatic rings. The van der Waals surface area contributed by atoms with Crippen LogP contribution >= 0.6 is 0 Å². The van der Waals surface area contributed by atoms with Crippen LogP contribution in [0.25, 0.3) is 0 Å². The smallest absolute Gasteiger partial charge is 0.311 e. The van der Waals surface area contributed by atoms with Gasteiger partial charge in [-0.2, -0.15) is 0 Å². The van der Waals surface area contributed by atoms with Crippen molar-refractivity contribution in [1.82, 2.24) is 4.90 Å². The van der Waals surface area contributed by atoms with Gasteiger partial charge in [0.1, 0.15) is 5.75 Å². The highest BCUT2D eigenvalue weighted by Gasteiger charge is 2.43. The Labute approximate surface area is 148 Å². The first-order valence-corrected chi connectivity index (χ1v) is 8.60. The maximum Gasteiger partial charge on any atom is 0.311 e. The fraction of sp³-hybridized carbons (Fsp3) is 0.579. The van der Waals surface area contributed by atoms with Crippen LogP contribution < -0.4 is 4.74 Å². The van der Waals surface area contributed by atoms with Crippen LogP contribution in [-0.2, 0) is 9.53 Å². The van der Waals surface area contributed by atoms with Crippen molar-refractivity contribution >= 4 is 11.9 Å². The lowest BCUT2D eigenvalue weighted by Crippen LogP contribution is -2.50. The summed E-state index contributed by atoms with van der Waals surface area (Å²) in [5.41, 5.74) is 0.456. The third kappa shape index (κ3) is 4.12. The van der Waals surface area contributed by atoms with Gasteiger partial charge in [0.25, 0.3) is 5.91 Å². The van der Waals surface area contributed by atoms with E-state index in [2.05, 4.69) is 0 Å². The molecule has 1 fully saturated rings. The topological polar surface area (TPSA) is 76.1 Å². The minimum atomic E-state index is -0.890. The Bertz CT molecular complexity index is 630. The molecule has 1 amide bonds. The standard InChI is InChI=1S/C19H27NO5/c1-14-15(7-4-8-16(14)25-3)17(21)20-11-5-9-19(13-20,18(22)23)10-6-12-24-2/h4,7-8H,5-6,9-13H2,1-3H3,(H,22,23). The molecule has 0 radical (unpaired) electrons. The van der Waals surface area contributed by atoms with Gasteiger partial charge >= 0.3 is 5.97 Å². The second kappa shape index (κ2) is 8.34. The van der Waals surface area contributed by atoms with Crippen molar-refractivity contribution in [2.75, 3.05) is 33.9 Å². The molecular formula is C19H27NO5. The number of carbonyl (C=O) groups is 2. The first-order valence-electron chi connectivity index (χ1n) is 8.60. The van der Waals surface area contributed by atoms with Gasteiger partial charge in [0.15, 0.2) is 0 Å². The summed E-state index contributed by atoms with van der Waals surface area (Å²) in [5.74, 6) is -0.301. The van der Waals surface area contributed by atoms with E-state index >= 15 is 0 Å². The lowest BCUT2D eigenvalue weighted by molar-refractivity contribution is -0.152. The first-order chi connectivity index (χ1) is 11.9. The normalized spacial score (nSPS) is 20.4. The Kier molecular flexibility index (Phi) is 6.42. The Morgan fingerprint density at radius 2 is 2.08 bits per heavy atom. The van der Waals surface area contributed by atoms with E-state index in [9.17, 15) is 14.7 Å². The number of rotatable bonds is 7. The number of benzene rings is 1. The van der Waals surface area contributed by atoms with Gasteiger partial charge in [0.05, 0.1) is 12.5 Å². The molecule has 0 aliphatic carbocycles. The number of carboxylic acids is 1. The van der Waals surface area contributed by atoms with E-state index in [1.54, 1.807) is 31.3 Å². The van der Waals surface area contributed by atoms with Gasteiger partial charge in [-0.15, -0.1) is 0 Å². The molecule has 1 saturated heterocycles. The third-order valence-corrected chi connectivity index (χ3v) is 5.06. The summed E-state index contributed by atoms with van der Waals surface area (Å²) < 4.78 is 10.3. The average Bonchev–Trinajstić information content (AvgIpc) is 2.61. The molecule has 0 saturated carbocycles. The van der Waals surface area contributed by atoms with E-state index < -0.39 is 11.4 Å². The molecule has 1 aromatic rings. The predicted octanol–water partition coefficient (Wildman–Crippen LogP) is 2.74. The van der Waals surface area contributed by atoms with Crippen LogP contribution in [0.4, 0.5) is 0 Å². The Balaban J connectivity index is 2.21. The molecular weight excluding hydrogens is 322 g/mol. The lowest BCUT2D eigenvalue weighted by atomic mass is 9.76. The van der Waals surface area contributed by atoms with Crippen molar-refractivity contribution in [3.63, 3.8) is 0 Å². The number of amides is 1. The van der Waals surface area contributed by atoms with Crippen molar-refractivity contribution < 1.29 is 24.2 Å². The molecule has 6 heteroatoms. The summed E-state index contributed by atoms with van der Waals surface area (Å²) in [4.78, 5) is 26.6. The van der Waals surface area contributed by atoms with Crippen LogP contribution in [0.15, 0.2) is 18.2 Å². The maximum atomic E-state index is 13.0. The molecule has 1 aliphatic heterocycles. The number of piperidine rings is 1. The molecule has 6 nitrogen and oxygen atoms in total. The van der Waals surface area contributed by atoms with Crippen molar-refractivity contribution in [2.45, 2.75) is 32.6 Å². The van der Waals surface area contributed by atoms with Gasteiger partial charge in [-0.1, -0.05) is 6.07 Å². The number of carbonyl (C=O) groups excluding carboxylic acids is 1. The van der Waals surface area contributed by atoms with Crippen molar-refractivity contribution in [3.8, 4) is 5.75 Å². The number of hydrogen-bond donors (Lipinski definition) is 1. The maximum absolute atomic E-state index is 13.0. The Morgan fingerprint density at radius 3 is 2.72 bits per heavy atom. The summed E-state index contributed by atoms with van der Waals surface area (Å²) in [7, 11) is 3.18. The number of carboxylic acid groups (broad SMARTS) is 1. The van der Waals surface area contributed by atoms with Crippen molar-refractivity contribution in [2.24, 2.45) is 5.41 Å².